The second-order valence-electron chi connectivity index (χ2n) is 4.72. The molecule has 16 heavy (non-hydrogen) atoms. The van der Waals surface area contributed by atoms with Gasteiger partial charge in [0, 0.05) is 31.3 Å². The van der Waals surface area contributed by atoms with Gasteiger partial charge in [-0.3, -0.25) is 4.79 Å². The normalized spacial score (nSPS) is 35.4. The Bertz CT molecular complexity index is 311. The lowest BCUT2D eigenvalue weighted by atomic mass is 9.80. The van der Waals surface area contributed by atoms with Crippen molar-refractivity contribution in [2.45, 2.75) is 45.3 Å². The summed E-state index contributed by atoms with van der Waals surface area (Å²) in [6.45, 7) is 6.55. The van der Waals surface area contributed by atoms with E-state index < -0.39 is 5.60 Å². The number of carbonyl (C=O) groups excluding carboxylic acids is 1. The Kier molecular flexibility index (Phi) is 3.93. The molecule has 1 rings (SSSR count). The summed E-state index contributed by atoms with van der Waals surface area (Å²) in [4.78, 5) is 13.6. The van der Waals surface area contributed by atoms with Crippen molar-refractivity contribution in [3.63, 3.8) is 0 Å². The predicted molar refractivity (Wildman–Crippen MR) is 60.6 cm³/mol. The number of hydrogen-bond donors (Lipinski definition) is 0. The van der Waals surface area contributed by atoms with E-state index in [4.69, 9.17) is 4.74 Å². The van der Waals surface area contributed by atoms with E-state index in [-0.39, 0.29) is 17.9 Å². The summed E-state index contributed by atoms with van der Waals surface area (Å²) in [5, 5.41) is 9.31. The molecule has 1 heterocycles. The molecule has 4 heteroatoms. The zero-order chi connectivity index (χ0) is 12.3. The highest BCUT2D eigenvalue weighted by molar-refractivity contribution is 5.70. The number of ether oxygens (including phenoxy) is 1. The first-order chi connectivity index (χ1) is 7.45. The van der Waals surface area contributed by atoms with Gasteiger partial charge in [-0.15, -0.1) is 0 Å². The van der Waals surface area contributed by atoms with Gasteiger partial charge in [0.25, 0.3) is 0 Å². The van der Waals surface area contributed by atoms with Crippen molar-refractivity contribution in [1.29, 1.82) is 5.26 Å². The largest absolute Gasteiger partial charge is 0.443 e. The minimum Gasteiger partial charge on any atom is -0.443 e. The predicted octanol–water partition coefficient (Wildman–Crippen LogP) is 1.56. The molecule has 1 saturated heterocycles. The molecule has 0 aliphatic carbocycles. The van der Waals surface area contributed by atoms with E-state index in [1.165, 1.54) is 0 Å². The third-order valence-electron chi connectivity index (χ3n) is 3.48. The van der Waals surface area contributed by atoms with Crippen LogP contribution in [0.2, 0.25) is 0 Å². The molecule has 0 aromatic rings. The fraction of sp³-hybridized carbons (Fsp3) is 0.833. The monoisotopic (exact) mass is 224 g/mol. The summed E-state index contributed by atoms with van der Waals surface area (Å²) in [5.41, 5.74) is -0.932. The lowest BCUT2D eigenvalue weighted by Crippen LogP contribution is -2.54. The van der Waals surface area contributed by atoms with E-state index in [0.717, 1.165) is 6.54 Å². The Hall–Kier alpha value is -1.08. The quantitative estimate of drug-likeness (QED) is 0.668. The third kappa shape index (κ3) is 2.35. The van der Waals surface area contributed by atoms with Crippen LogP contribution in [0, 0.1) is 17.2 Å². The maximum atomic E-state index is 11.4. The summed E-state index contributed by atoms with van der Waals surface area (Å²) < 4.78 is 5.38. The van der Waals surface area contributed by atoms with Crippen LogP contribution in [0.3, 0.4) is 0 Å². The van der Waals surface area contributed by atoms with Crippen LogP contribution in [0.1, 0.15) is 33.6 Å². The molecule has 1 aliphatic rings. The molecule has 0 bridgehead atoms. The molecule has 0 saturated carbocycles. The first-order valence-electron chi connectivity index (χ1n) is 5.78. The first-order valence-corrected chi connectivity index (χ1v) is 5.78. The fourth-order valence-corrected chi connectivity index (χ4v) is 2.15. The van der Waals surface area contributed by atoms with E-state index in [0.29, 0.717) is 12.8 Å². The van der Waals surface area contributed by atoms with Gasteiger partial charge in [0.15, 0.2) is 0 Å². The van der Waals surface area contributed by atoms with Crippen LogP contribution < -0.4 is 0 Å². The zero-order valence-corrected chi connectivity index (χ0v) is 10.5. The lowest BCUT2D eigenvalue weighted by molar-refractivity contribution is -0.164. The van der Waals surface area contributed by atoms with Crippen molar-refractivity contribution in [3.8, 4) is 6.07 Å². The van der Waals surface area contributed by atoms with Gasteiger partial charge in [0.05, 0.1) is 0 Å². The average molecular weight is 224 g/mol. The number of piperidine rings is 1. The Labute approximate surface area is 97.2 Å². The first kappa shape index (κ1) is 13.0. The Morgan fingerprint density at radius 1 is 1.62 bits per heavy atom. The van der Waals surface area contributed by atoms with Crippen molar-refractivity contribution < 1.29 is 9.53 Å². The smallest absolute Gasteiger partial charge is 0.307 e. The zero-order valence-electron chi connectivity index (χ0n) is 10.5. The summed E-state index contributed by atoms with van der Waals surface area (Å²) in [6, 6.07) is 2.48. The lowest BCUT2D eigenvalue weighted by Gasteiger charge is -2.43. The molecule has 3 atom stereocenters. The minimum absolute atomic E-state index is 0.0502. The highest BCUT2D eigenvalue weighted by atomic mass is 16.6. The molecular weight excluding hydrogens is 204 g/mol. The number of carbonyl (C=O) groups is 1. The van der Waals surface area contributed by atoms with Gasteiger partial charge in [-0.2, -0.15) is 5.26 Å². The van der Waals surface area contributed by atoms with Crippen molar-refractivity contribution in [1.82, 2.24) is 4.90 Å². The standard InChI is InChI=1S/C12H20N2O2/c1-5-11(15)16-12(8-13)6-10(3)14(4)7-9(12)2/h9-10H,5-7H2,1-4H3. The second kappa shape index (κ2) is 4.84. The van der Waals surface area contributed by atoms with Crippen LogP contribution in [-0.2, 0) is 9.53 Å². The van der Waals surface area contributed by atoms with E-state index in [1.807, 2.05) is 14.0 Å². The summed E-state index contributed by atoms with van der Waals surface area (Å²) in [6.07, 6.45) is 0.910. The number of nitriles is 1. The minimum atomic E-state index is -0.932. The molecule has 90 valence electrons. The van der Waals surface area contributed by atoms with Crippen LogP contribution in [0.15, 0.2) is 0 Å². The summed E-state index contributed by atoms with van der Waals surface area (Å²) in [7, 11) is 2.03. The molecule has 4 nitrogen and oxygen atoms in total. The number of hydrogen-bond acceptors (Lipinski definition) is 4. The van der Waals surface area contributed by atoms with Gasteiger partial charge >= 0.3 is 5.97 Å². The van der Waals surface area contributed by atoms with Crippen LogP contribution in [-0.4, -0.2) is 36.1 Å². The molecule has 0 N–H and O–H groups in total. The highest BCUT2D eigenvalue weighted by Gasteiger charge is 2.46. The van der Waals surface area contributed by atoms with Gasteiger partial charge in [0.2, 0.25) is 5.60 Å². The summed E-state index contributed by atoms with van der Waals surface area (Å²) in [5.74, 6) is -0.237. The van der Waals surface area contributed by atoms with Crippen molar-refractivity contribution in [2.75, 3.05) is 13.6 Å². The molecule has 0 aromatic carbocycles. The molecule has 1 aliphatic heterocycles. The van der Waals surface area contributed by atoms with Crippen LogP contribution >= 0.6 is 0 Å². The number of rotatable bonds is 2. The maximum Gasteiger partial charge on any atom is 0.307 e. The topological polar surface area (TPSA) is 53.3 Å². The molecule has 0 amide bonds. The Balaban J connectivity index is 2.86. The van der Waals surface area contributed by atoms with E-state index in [2.05, 4.69) is 17.9 Å². The third-order valence-corrected chi connectivity index (χ3v) is 3.48. The van der Waals surface area contributed by atoms with Gasteiger partial charge in [-0.1, -0.05) is 13.8 Å². The number of likely N-dealkylation sites (tertiary alicyclic amines) is 1. The average Bonchev–Trinajstić information content (AvgIpc) is 2.25. The second-order valence-corrected chi connectivity index (χ2v) is 4.72. The molecule has 0 spiro atoms. The van der Waals surface area contributed by atoms with Crippen LogP contribution in [0.4, 0.5) is 0 Å². The van der Waals surface area contributed by atoms with Gasteiger partial charge < -0.3 is 9.64 Å². The molecule has 3 unspecified atom stereocenters. The van der Waals surface area contributed by atoms with Crippen LogP contribution in [0.25, 0.3) is 0 Å². The molecular formula is C12H20N2O2. The Morgan fingerprint density at radius 3 is 2.75 bits per heavy atom. The van der Waals surface area contributed by atoms with Crippen molar-refractivity contribution in [3.05, 3.63) is 0 Å². The van der Waals surface area contributed by atoms with E-state index in [1.54, 1.807) is 6.92 Å². The van der Waals surface area contributed by atoms with Gasteiger partial charge in [-0.25, -0.2) is 0 Å². The highest BCUT2D eigenvalue weighted by Crippen LogP contribution is 2.34. The number of esters is 1. The van der Waals surface area contributed by atoms with Crippen LogP contribution in [0.5, 0.6) is 0 Å². The molecule has 1 fully saturated rings. The van der Waals surface area contributed by atoms with Gasteiger partial charge in [0.1, 0.15) is 6.07 Å². The Morgan fingerprint density at radius 2 is 2.25 bits per heavy atom. The molecule has 0 aromatic heterocycles. The van der Waals surface area contributed by atoms with Crippen molar-refractivity contribution in [2.24, 2.45) is 5.92 Å². The summed E-state index contributed by atoms with van der Waals surface area (Å²) >= 11 is 0. The number of nitrogens with zero attached hydrogens (tertiary/aromatic N) is 2. The fourth-order valence-electron chi connectivity index (χ4n) is 2.15. The van der Waals surface area contributed by atoms with E-state index >= 15 is 0 Å². The SMILES string of the molecule is CCC(=O)OC1(C#N)CC(C)N(C)CC1C. The van der Waals surface area contributed by atoms with Gasteiger partial charge in [-0.05, 0) is 14.0 Å². The molecule has 0 radical (unpaired) electrons. The maximum absolute atomic E-state index is 11.4. The van der Waals surface area contributed by atoms with Crippen molar-refractivity contribution >= 4 is 5.97 Å². The van der Waals surface area contributed by atoms with E-state index in [9.17, 15) is 10.1 Å².